The summed E-state index contributed by atoms with van der Waals surface area (Å²) >= 11 is 3.28. The van der Waals surface area contributed by atoms with Gasteiger partial charge in [-0.3, -0.25) is 0 Å². The predicted molar refractivity (Wildman–Crippen MR) is 69.6 cm³/mol. The Morgan fingerprint density at radius 2 is 2.32 bits per heavy atom. The molecule has 2 aromatic rings. The molecule has 0 amide bonds. The third-order valence-corrected chi connectivity index (χ3v) is 2.83. The zero-order valence-corrected chi connectivity index (χ0v) is 11.1. The number of aromatic nitrogens is 1. The van der Waals surface area contributed by atoms with Crippen LogP contribution in [0.1, 0.15) is 21.8 Å². The fourth-order valence-corrected chi connectivity index (χ4v) is 1.80. The van der Waals surface area contributed by atoms with E-state index in [1.165, 1.54) is 6.07 Å². The average molecular weight is 322 g/mol. The van der Waals surface area contributed by atoms with Gasteiger partial charge in [-0.25, -0.2) is 4.79 Å². The van der Waals surface area contributed by atoms with Gasteiger partial charge in [0.15, 0.2) is 11.5 Å². The minimum Gasteiger partial charge on any atom is -0.476 e. The highest BCUT2D eigenvalue weighted by Crippen LogP contribution is 2.21. The second-order valence-electron chi connectivity index (χ2n) is 3.64. The molecule has 0 unspecified atom stereocenters. The van der Waals surface area contributed by atoms with Crippen LogP contribution in [0.2, 0.25) is 0 Å². The summed E-state index contributed by atoms with van der Waals surface area (Å²) in [7, 11) is 0. The van der Waals surface area contributed by atoms with E-state index in [2.05, 4.69) is 32.5 Å². The summed E-state index contributed by atoms with van der Waals surface area (Å²) in [5.41, 5.74) is 0.972. The van der Waals surface area contributed by atoms with E-state index in [1.54, 1.807) is 18.2 Å². The van der Waals surface area contributed by atoms with Crippen molar-refractivity contribution in [3.8, 4) is 6.07 Å². The number of anilines is 1. The summed E-state index contributed by atoms with van der Waals surface area (Å²) in [5.74, 6) is -0.763. The Morgan fingerprint density at radius 3 is 2.95 bits per heavy atom. The van der Waals surface area contributed by atoms with E-state index >= 15 is 0 Å². The lowest BCUT2D eigenvalue weighted by Gasteiger charge is -2.06. The number of nitrogens with one attached hydrogen (secondary N) is 1. The summed E-state index contributed by atoms with van der Waals surface area (Å²) in [5, 5.41) is 24.1. The molecule has 96 valence electrons. The Hall–Kier alpha value is -2.33. The van der Waals surface area contributed by atoms with E-state index in [4.69, 9.17) is 14.9 Å². The van der Waals surface area contributed by atoms with Crippen LogP contribution in [-0.4, -0.2) is 16.2 Å². The molecule has 0 aliphatic heterocycles. The van der Waals surface area contributed by atoms with Crippen molar-refractivity contribution in [2.24, 2.45) is 0 Å². The van der Waals surface area contributed by atoms with Crippen LogP contribution in [0.4, 0.5) is 5.69 Å². The van der Waals surface area contributed by atoms with Crippen molar-refractivity contribution in [2.45, 2.75) is 6.54 Å². The van der Waals surface area contributed by atoms with Crippen molar-refractivity contribution in [1.82, 2.24) is 5.16 Å². The highest BCUT2D eigenvalue weighted by molar-refractivity contribution is 9.10. The lowest BCUT2D eigenvalue weighted by Crippen LogP contribution is -2.00. The van der Waals surface area contributed by atoms with Gasteiger partial charge in [0.2, 0.25) is 0 Å². The quantitative estimate of drug-likeness (QED) is 0.898. The number of carboxylic acids is 1. The van der Waals surface area contributed by atoms with Gasteiger partial charge in [0.25, 0.3) is 0 Å². The van der Waals surface area contributed by atoms with Crippen LogP contribution >= 0.6 is 15.9 Å². The third-order valence-electron chi connectivity index (χ3n) is 2.33. The second kappa shape index (κ2) is 5.54. The zero-order chi connectivity index (χ0) is 13.8. The highest BCUT2D eigenvalue weighted by Gasteiger charge is 2.11. The molecular weight excluding hydrogens is 314 g/mol. The normalized spacial score (nSPS) is 9.89. The molecule has 0 saturated heterocycles. The molecule has 2 N–H and O–H groups in total. The van der Waals surface area contributed by atoms with Crippen molar-refractivity contribution >= 4 is 27.6 Å². The molecule has 0 aliphatic carbocycles. The molecule has 0 saturated carbocycles. The summed E-state index contributed by atoms with van der Waals surface area (Å²) < 4.78 is 5.67. The van der Waals surface area contributed by atoms with Crippen LogP contribution in [-0.2, 0) is 6.54 Å². The van der Waals surface area contributed by atoms with Gasteiger partial charge in [-0.1, -0.05) is 21.1 Å². The van der Waals surface area contributed by atoms with Crippen LogP contribution in [0, 0.1) is 11.3 Å². The van der Waals surface area contributed by atoms with E-state index in [9.17, 15) is 4.79 Å². The molecule has 0 atom stereocenters. The fourth-order valence-electron chi connectivity index (χ4n) is 1.44. The summed E-state index contributed by atoms with van der Waals surface area (Å²) in [6.45, 7) is 0.247. The number of aromatic carboxylic acids is 1. The van der Waals surface area contributed by atoms with Crippen LogP contribution in [0.3, 0.4) is 0 Å². The first-order chi connectivity index (χ1) is 9.10. The van der Waals surface area contributed by atoms with Crippen molar-refractivity contribution < 1.29 is 14.4 Å². The molecule has 0 spiro atoms. The van der Waals surface area contributed by atoms with Gasteiger partial charge in [0, 0.05) is 10.5 Å². The van der Waals surface area contributed by atoms with Gasteiger partial charge >= 0.3 is 5.97 Å². The Bertz CT molecular complexity index is 660. The Kier molecular flexibility index (Phi) is 3.82. The molecule has 1 aromatic carbocycles. The van der Waals surface area contributed by atoms with Gasteiger partial charge in [-0.05, 0) is 18.2 Å². The van der Waals surface area contributed by atoms with Gasteiger partial charge in [0.1, 0.15) is 6.07 Å². The number of nitriles is 1. The van der Waals surface area contributed by atoms with E-state index < -0.39 is 5.97 Å². The first-order valence-electron chi connectivity index (χ1n) is 5.22. The SMILES string of the molecule is N#Cc1cc(Br)ccc1NCc1cc(C(=O)O)no1. The maximum atomic E-state index is 10.6. The monoisotopic (exact) mass is 321 g/mol. The Balaban J connectivity index is 2.10. The largest absolute Gasteiger partial charge is 0.476 e. The van der Waals surface area contributed by atoms with Crippen LogP contribution in [0.25, 0.3) is 0 Å². The van der Waals surface area contributed by atoms with E-state index in [-0.39, 0.29) is 12.2 Å². The first kappa shape index (κ1) is 13.1. The second-order valence-corrected chi connectivity index (χ2v) is 4.55. The van der Waals surface area contributed by atoms with E-state index in [0.717, 1.165) is 4.47 Å². The molecule has 0 radical (unpaired) electrons. The molecule has 1 heterocycles. The summed E-state index contributed by atoms with van der Waals surface area (Å²) in [6, 6.07) is 8.63. The van der Waals surface area contributed by atoms with E-state index in [0.29, 0.717) is 17.0 Å². The van der Waals surface area contributed by atoms with Crippen molar-refractivity contribution in [2.75, 3.05) is 5.32 Å². The average Bonchev–Trinajstić information content (AvgIpc) is 2.86. The number of hydrogen-bond donors (Lipinski definition) is 2. The van der Waals surface area contributed by atoms with Gasteiger partial charge in [-0.2, -0.15) is 5.26 Å². The number of hydrogen-bond acceptors (Lipinski definition) is 5. The number of carbonyl (C=O) groups is 1. The lowest BCUT2D eigenvalue weighted by molar-refractivity contribution is 0.0685. The molecule has 0 fully saturated rings. The first-order valence-corrected chi connectivity index (χ1v) is 6.02. The number of rotatable bonds is 4. The minimum atomic E-state index is -1.14. The maximum Gasteiger partial charge on any atom is 0.358 e. The fraction of sp³-hybridized carbons (Fsp3) is 0.0833. The topological polar surface area (TPSA) is 99.2 Å². The standard InChI is InChI=1S/C12H8BrN3O3/c13-8-1-2-10(7(3-8)5-14)15-6-9-4-11(12(17)18)16-19-9/h1-4,15H,6H2,(H,17,18). The number of nitrogens with zero attached hydrogens (tertiary/aromatic N) is 2. The molecule has 6 nitrogen and oxygen atoms in total. The molecule has 0 aliphatic rings. The lowest BCUT2D eigenvalue weighted by atomic mass is 10.2. The minimum absolute atomic E-state index is 0.145. The van der Waals surface area contributed by atoms with Crippen LogP contribution in [0.5, 0.6) is 0 Å². The molecule has 1 aromatic heterocycles. The van der Waals surface area contributed by atoms with Crippen LogP contribution < -0.4 is 5.32 Å². The molecule has 7 heteroatoms. The smallest absolute Gasteiger partial charge is 0.358 e. The summed E-state index contributed by atoms with van der Waals surface area (Å²) in [6.07, 6.45) is 0. The zero-order valence-electron chi connectivity index (χ0n) is 9.55. The number of halogens is 1. The van der Waals surface area contributed by atoms with Crippen molar-refractivity contribution in [1.29, 1.82) is 5.26 Å². The molecule has 0 bridgehead atoms. The Labute approximate surface area is 116 Å². The predicted octanol–water partition coefficient (Wildman–Crippen LogP) is 2.62. The molecule has 19 heavy (non-hydrogen) atoms. The van der Waals surface area contributed by atoms with Gasteiger partial charge < -0.3 is 14.9 Å². The van der Waals surface area contributed by atoms with Crippen LogP contribution in [0.15, 0.2) is 33.3 Å². The van der Waals surface area contributed by atoms with E-state index in [1.807, 2.05) is 0 Å². The van der Waals surface area contributed by atoms with Crippen molar-refractivity contribution in [3.05, 3.63) is 45.8 Å². The summed E-state index contributed by atoms with van der Waals surface area (Å²) in [4.78, 5) is 10.6. The van der Waals surface area contributed by atoms with Gasteiger partial charge in [-0.15, -0.1) is 0 Å². The third kappa shape index (κ3) is 3.11. The maximum absolute atomic E-state index is 10.6. The van der Waals surface area contributed by atoms with Gasteiger partial charge in [0.05, 0.1) is 17.8 Å². The highest BCUT2D eigenvalue weighted by atomic mass is 79.9. The molecular formula is C12H8BrN3O3. The molecule has 2 rings (SSSR count). The number of benzene rings is 1. The van der Waals surface area contributed by atoms with Crippen molar-refractivity contribution in [3.63, 3.8) is 0 Å². The number of carboxylic acid groups (broad SMARTS) is 1. The Morgan fingerprint density at radius 1 is 1.53 bits per heavy atom.